The van der Waals surface area contributed by atoms with Gasteiger partial charge in [0.1, 0.15) is 0 Å². The summed E-state index contributed by atoms with van der Waals surface area (Å²) in [6, 6.07) is 5.56. The fourth-order valence-corrected chi connectivity index (χ4v) is 2.83. The number of anilines is 1. The third-order valence-electron chi connectivity index (χ3n) is 4.66. The van der Waals surface area contributed by atoms with Crippen molar-refractivity contribution < 1.29 is 19.1 Å². The van der Waals surface area contributed by atoms with Gasteiger partial charge in [-0.1, -0.05) is 12.1 Å². The lowest BCUT2D eigenvalue weighted by Crippen LogP contribution is -2.43. The molecule has 0 spiro atoms. The molecule has 1 aromatic rings. The van der Waals surface area contributed by atoms with E-state index < -0.39 is 11.8 Å². The molecule has 25 heavy (non-hydrogen) atoms. The molecule has 0 aromatic heterocycles. The monoisotopic (exact) mass is 347 g/mol. The molecule has 2 rings (SSSR count). The zero-order chi connectivity index (χ0) is 18.4. The Morgan fingerprint density at radius 1 is 1.16 bits per heavy atom. The number of ether oxygens (including phenoxy) is 1. The van der Waals surface area contributed by atoms with Crippen molar-refractivity contribution in [2.45, 2.75) is 26.7 Å². The van der Waals surface area contributed by atoms with Crippen LogP contribution in [0.15, 0.2) is 18.2 Å². The average Bonchev–Trinajstić information content (AvgIpc) is 2.63. The van der Waals surface area contributed by atoms with Gasteiger partial charge in [-0.25, -0.2) is 4.79 Å². The molecular weight excluding hydrogens is 322 g/mol. The number of nitrogens with zero attached hydrogens (tertiary/aromatic N) is 1. The number of likely N-dealkylation sites (tertiary alicyclic amines) is 1. The maximum absolute atomic E-state index is 12.0. The summed E-state index contributed by atoms with van der Waals surface area (Å²) < 4.78 is 4.69. The fourth-order valence-electron chi connectivity index (χ4n) is 2.83. The number of amides is 3. The lowest BCUT2D eigenvalue weighted by Gasteiger charge is -2.30. The first kappa shape index (κ1) is 18.8. The minimum Gasteiger partial charge on any atom is -0.453 e. The molecule has 0 atom stereocenters. The second kappa shape index (κ2) is 8.50. The van der Waals surface area contributed by atoms with Crippen molar-refractivity contribution in [2.75, 3.05) is 32.1 Å². The Hall–Kier alpha value is -2.57. The van der Waals surface area contributed by atoms with Crippen LogP contribution in [-0.4, -0.2) is 49.6 Å². The number of carbonyl (C=O) groups excluding carboxylic acids is 3. The van der Waals surface area contributed by atoms with Gasteiger partial charge in [0.2, 0.25) is 0 Å². The van der Waals surface area contributed by atoms with Crippen LogP contribution in [0.5, 0.6) is 0 Å². The Labute approximate surface area is 147 Å². The highest BCUT2D eigenvalue weighted by molar-refractivity contribution is 6.39. The Morgan fingerprint density at radius 3 is 2.48 bits per heavy atom. The van der Waals surface area contributed by atoms with E-state index in [1.807, 2.05) is 26.0 Å². The SMILES string of the molecule is COC(=O)N1CCC(CNC(=O)C(=O)Nc2cccc(C)c2C)CC1. The zero-order valence-corrected chi connectivity index (χ0v) is 14.9. The minimum atomic E-state index is -0.666. The maximum Gasteiger partial charge on any atom is 0.409 e. The van der Waals surface area contributed by atoms with E-state index in [0.29, 0.717) is 25.3 Å². The minimum absolute atomic E-state index is 0.248. The van der Waals surface area contributed by atoms with Crippen LogP contribution in [0.2, 0.25) is 0 Å². The van der Waals surface area contributed by atoms with E-state index in [1.165, 1.54) is 7.11 Å². The number of hydrogen-bond donors (Lipinski definition) is 2. The quantitative estimate of drug-likeness (QED) is 0.817. The number of rotatable bonds is 3. The van der Waals surface area contributed by atoms with E-state index in [4.69, 9.17) is 4.74 Å². The van der Waals surface area contributed by atoms with Crippen molar-refractivity contribution in [1.82, 2.24) is 10.2 Å². The number of nitrogens with one attached hydrogen (secondary N) is 2. The number of carbonyl (C=O) groups is 3. The summed E-state index contributed by atoms with van der Waals surface area (Å²) in [6.07, 6.45) is 1.22. The molecule has 0 bridgehead atoms. The normalized spacial score (nSPS) is 14.8. The second-order valence-electron chi connectivity index (χ2n) is 6.31. The molecule has 1 fully saturated rings. The molecule has 1 aliphatic rings. The van der Waals surface area contributed by atoms with Crippen LogP contribution < -0.4 is 10.6 Å². The van der Waals surface area contributed by atoms with Gasteiger partial charge < -0.3 is 20.3 Å². The molecule has 0 aliphatic carbocycles. The van der Waals surface area contributed by atoms with Crippen molar-refractivity contribution in [3.05, 3.63) is 29.3 Å². The summed E-state index contributed by atoms with van der Waals surface area (Å²) in [5.41, 5.74) is 2.64. The molecule has 1 saturated heterocycles. The van der Waals surface area contributed by atoms with Crippen LogP contribution in [0.25, 0.3) is 0 Å². The highest BCUT2D eigenvalue weighted by atomic mass is 16.5. The summed E-state index contributed by atoms with van der Waals surface area (Å²) in [7, 11) is 1.36. The van der Waals surface area contributed by atoms with Crippen molar-refractivity contribution in [2.24, 2.45) is 5.92 Å². The topological polar surface area (TPSA) is 87.7 Å². The van der Waals surface area contributed by atoms with Gasteiger partial charge in [0.25, 0.3) is 0 Å². The number of methoxy groups -OCH3 is 1. The van der Waals surface area contributed by atoms with E-state index >= 15 is 0 Å². The highest BCUT2D eigenvalue weighted by Gasteiger charge is 2.24. The first-order chi connectivity index (χ1) is 11.9. The largest absolute Gasteiger partial charge is 0.453 e. The third-order valence-corrected chi connectivity index (χ3v) is 4.66. The van der Waals surface area contributed by atoms with Crippen LogP contribution in [0, 0.1) is 19.8 Å². The second-order valence-corrected chi connectivity index (χ2v) is 6.31. The molecule has 0 saturated carbocycles. The molecule has 7 heteroatoms. The third kappa shape index (κ3) is 4.95. The van der Waals surface area contributed by atoms with Crippen LogP contribution >= 0.6 is 0 Å². The van der Waals surface area contributed by atoms with Crippen molar-refractivity contribution in [3.8, 4) is 0 Å². The molecule has 1 aliphatic heterocycles. The summed E-state index contributed by atoms with van der Waals surface area (Å²) in [5.74, 6) is -1.06. The molecule has 7 nitrogen and oxygen atoms in total. The van der Waals surface area contributed by atoms with Gasteiger partial charge in [-0.05, 0) is 49.8 Å². The number of piperidine rings is 1. The molecule has 1 heterocycles. The summed E-state index contributed by atoms with van der Waals surface area (Å²) in [5, 5.41) is 5.33. The predicted octanol–water partition coefficient (Wildman–Crippen LogP) is 1.84. The van der Waals surface area contributed by atoms with E-state index in [0.717, 1.165) is 24.0 Å². The predicted molar refractivity (Wildman–Crippen MR) is 94.3 cm³/mol. The first-order valence-corrected chi connectivity index (χ1v) is 8.40. The average molecular weight is 347 g/mol. The molecule has 0 unspecified atom stereocenters. The van der Waals surface area contributed by atoms with Gasteiger partial charge in [-0.3, -0.25) is 9.59 Å². The smallest absolute Gasteiger partial charge is 0.409 e. The molecule has 136 valence electrons. The number of hydrogen-bond acceptors (Lipinski definition) is 4. The van der Waals surface area contributed by atoms with Gasteiger partial charge in [0.15, 0.2) is 0 Å². The number of aryl methyl sites for hydroxylation is 1. The van der Waals surface area contributed by atoms with Crippen molar-refractivity contribution in [3.63, 3.8) is 0 Å². The van der Waals surface area contributed by atoms with E-state index in [1.54, 1.807) is 11.0 Å². The molecule has 3 amide bonds. The number of benzene rings is 1. The van der Waals surface area contributed by atoms with Crippen LogP contribution in [0.4, 0.5) is 10.5 Å². The van der Waals surface area contributed by atoms with E-state index in [-0.39, 0.29) is 12.0 Å². The van der Waals surface area contributed by atoms with Gasteiger partial charge in [-0.15, -0.1) is 0 Å². The lowest BCUT2D eigenvalue weighted by molar-refractivity contribution is -0.136. The Balaban J connectivity index is 1.78. The van der Waals surface area contributed by atoms with Crippen LogP contribution in [0.3, 0.4) is 0 Å². The Kier molecular flexibility index (Phi) is 6.38. The first-order valence-electron chi connectivity index (χ1n) is 8.40. The van der Waals surface area contributed by atoms with Crippen LogP contribution in [-0.2, 0) is 14.3 Å². The van der Waals surface area contributed by atoms with E-state index in [9.17, 15) is 14.4 Å². The summed E-state index contributed by atoms with van der Waals surface area (Å²) in [4.78, 5) is 37.1. The highest BCUT2D eigenvalue weighted by Crippen LogP contribution is 2.18. The van der Waals surface area contributed by atoms with Gasteiger partial charge in [0, 0.05) is 25.3 Å². The van der Waals surface area contributed by atoms with Crippen LogP contribution in [0.1, 0.15) is 24.0 Å². The fraction of sp³-hybridized carbons (Fsp3) is 0.500. The molecule has 1 aromatic carbocycles. The zero-order valence-electron chi connectivity index (χ0n) is 14.9. The lowest BCUT2D eigenvalue weighted by atomic mass is 9.97. The van der Waals surface area contributed by atoms with Gasteiger partial charge in [-0.2, -0.15) is 0 Å². The summed E-state index contributed by atoms with van der Waals surface area (Å²) >= 11 is 0. The summed E-state index contributed by atoms with van der Waals surface area (Å²) in [6.45, 7) is 5.47. The molecular formula is C18H25N3O4. The van der Waals surface area contributed by atoms with Crippen molar-refractivity contribution in [1.29, 1.82) is 0 Å². The molecule has 0 radical (unpaired) electrons. The van der Waals surface area contributed by atoms with Gasteiger partial charge >= 0.3 is 17.9 Å². The Bertz CT molecular complexity index is 652. The van der Waals surface area contributed by atoms with Crippen molar-refractivity contribution >= 4 is 23.6 Å². The standard InChI is InChI=1S/C18H25N3O4/c1-12-5-4-6-15(13(12)2)20-17(23)16(22)19-11-14-7-9-21(10-8-14)18(24)25-3/h4-6,14H,7-11H2,1-3H3,(H,19,22)(H,20,23). The molecule has 2 N–H and O–H groups in total. The maximum atomic E-state index is 12.0. The van der Waals surface area contributed by atoms with Gasteiger partial charge in [0.05, 0.1) is 7.11 Å². The van der Waals surface area contributed by atoms with E-state index in [2.05, 4.69) is 10.6 Å². The Morgan fingerprint density at radius 2 is 1.84 bits per heavy atom.